The molecule has 5 heteroatoms. The quantitative estimate of drug-likeness (QED) is 0.256. The first-order valence-electron chi connectivity index (χ1n) is 10.6. The SMILES string of the molecule is COc1ccc(-c2ccccc2)c2ccc(C)nc12.COc1ccc(Br)c2ccc(C)nc12. The highest BCUT2D eigenvalue weighted by Crippen LogP contribution is 2.33. The van der Waals surface area contributed by atoms with Crippen LogP contribution in [0.4, 0.5) is 0 Å². The number of nitrogens with zero attached hydrogens (tertiary/aromatic N) is 2. The summed E-state index contributed by atoms with van der Waals surface area (Å²) in [6, 6.07) is 26.5. The van der Waals surface area contributed by atoms with Gasteiger partial charge in [0.1, 0.15) is 22.5 Å². The van der Waals surface area contributed by atoms with Crippen molar-refractivity contribution in [3.63, 3.8) is 0 Å². The second-order valence-corrected chi connectivity index (χ2v) is 8.48. The van der Waals surface area contributed by atoms with Crippen LogP contribution in [0.3, 0.4) is 0 Å². The molecule has 0 N–H and O–H groups in total. The fourth-order valence-electron chi connectivity index (χ4n) is 3.74. The second-order valence-electron chi connectivity index (χ2n) is 7.63. The van der Waals surface area contributed by atoms with Gasteiger partial charge in [-0.05, 0) is 67.4 Å². The zero-order valence-electron chi connectivity index (χ0n) is 19.1. The van der Waals surface area contributed by atoms with Gasteiger partial charge in [0.05, 0.1) is 14.2 Å². The third kappa shape index (κ3) is 4.83. The van der Waals surface area contributed by atoms with Gasteiger partial charge < -0.3 is 9.47 Å². The van der Waals surface area contributed by atoms with E-state index >= 15 is 0 Å². The predicted octanol–water partition coefficient (Wildman–Crippen LogP) is 7.53. The van der Waals surface area contributed by atoms with E-state index in [0.717, 1.165) is 49.2 Å². The van der Waals surface area contributed by atoms with Gasteiger partial charge in [0, 0.05) is 26.6 Å². The number of hydrogen-bond acceptors (Lipinski definition) is 4. The minimum absolute atomic E-state index is 0.812. The highest BCUT2D eigenvalue weighted by atomic mass is 79.9. The van der Waals surface area contributed by atoms with Gasteiger partial charge in [0.15, 0.2) is 0 Å². The molecular weight excluding hydrogens is 476 g/mol. The number of hydrogen-bond donors (Lipinski definition) is 0. The number of aromatic nitrogens is 2. The van der Waals surface area contributed by atoms with E-state index in [1.807, 2.05) is 68.4 Å². The molecule has 0 saturated carbocycles. The first-order valence-corrected chi connectivity index (χ1v) is 11.4. The molecule has 0 bridgehead atoms. The fraction of sp³-hybridized carbons (Fsp3) is 0.143. The van der Waals surface area contributed by atoms with Gasteiger partial charge in [0.25, 0.3) is 0 Å². The molecule has 2 aromatic heterocycles. The van der Waals surface area contributed by atoms with Crippen molar-refractivity contribution < 1.29 is 9.47 Å². The molecular formula is C28H25BrN2O2. The number of pyridine rings is 2. The summed E-state index contributed by atoms with van der Waals surface area (Å²) in [5.41, 5.74) is 6.19. The normalized spacial score (nSPS) is 10.6. The van der Waals surface area contributed by atoms with E-state index in [2.05, 4.69) is 50.2 Å². The number of benzene rings is 3. The number of rotatable bonds is 3. The maximum atomic E-state index is 5.41. The molecule has 2 heterocycles. The molecule has 0 spiro atoms. The first kappa shape index (κ1) is 22.7. The lowest BCUT2D eigenvalue weighted by atomic mass is 10.00. The van der Waals surface area contributed by atoms with E-state index in [1.165, 1.54) is 11.1 Å². The number of aryl methyl sites for hydroxylation is 2. The highest BCUT2D eigenvalue weighted by Gasteiger charge is 2.09. The Morgan fingerprint density at radius 1 is 0.606 bits per heavy atom. The molecule has 33 heavy (non-hydrogen) atoms. The summed E-state index contributed by atoms with van der Waals surface area (Å²) >= 11 is 3.49. The van der Waals surface area contributed by atoms with Crippen LogP contribution in [0.15, 0.2) is 83.3 Å². The molecule has 166 valence electrons. The summed E-state index contributed by atoms with van der Waals surface area (Å²) in [7, 11) is 3.34. The Kier molecular flexibility index (Phi) is 6.90. The molecule has 0 unspecified atom stereocenters. The molecule has 5 rings (SSSR count). The van der Waals surface area contributed by atoms with Crippen LogP contribution in [-0.4, -0.2) is 24.2 Å². The van der Waals surface area contributed by atoms with Gasteiger partial charge in [-0.1, -0.05) is 52.3 Å². The average molecular weight is 501 g/mol. The van der Waals surface area contributed by atoms with Crippen LogP contribution in [0, 0.1) is 13.8 Å². The van der Waals surface area contributed by atoms with Crippen LogP contribution in [-0.2, 0) is 0 Å². The Bertz CT molecular complexity index is 1420. The maximum absolute atomic E-state index is 5.41. The van der Waals surface area contributed by atoms with Crippen molar-refractivity contribution in [2.24, 2.45) is 0 Å². The molecule has 0 radical (unpaired) electrons. The van der Waals surface area contributed by atoms with Crippen molar-refractivity contribution in [1.29, 1.82) is 0 Å². The fourth-order valence-corrected chi connectivity index (χ4v) is 4.20. The minimum atomic E-state index is 0.812. The van der Waals surface area contributed by atoms with E-state index < -0.39 is 0 Å². The molecule has 4 nitrogen and oxygen atoms in total. The summed E-state index contributed by atoms with van der Waals surface area (Å²) in [5.74, 6) is 1.63. The van der Waals surface area contributed by atoms with Crippen LogP contribution in [0.25, 0.3) is 32.9 Å². The van der Waals surface area contributed by atoms with E-state index in [-0.39, 0.29) is 0 Å². The lowest BCUT2D eigenvalue weighted by molar-refractivity contribution is 0.418. The van der Waals surface area contributed by atoms with Gasteiger partial charge in [-0.3, -0.25) is 0 Å². The lowest BCUT2D eigenvalue weighted by Gasteiger charge is -2.10. The molecule has 0 amide bonds. The van der Waals surface area contributed by atoms with Crippen molar-refractivity contribution in [3.05, 3.63) is 94.7 Å². The van der Waals surface area contributed by atoms with Crippen LogP contribution in [0.2, 0.25) is 0 Å². The maximum Gasteiger partial charge on any atom is 0.145 e. The number of halogens is 1. The third-order valence-corrected chi connectivity index (χ3v) is 6.08. The summed E-state index contributed by atoms with van der Waals surface area (Å²) in [6.07, 6.45) is 0. The lowest BCUT2D eigenvalue weighted by Crippen LogP contribution is -1.91. The summed E-state index contributed by atoms with van der Waals surface area (Å²) in [4.78, 5) is 9.06. The molecule has 0 aliphatic carbocycles. The zero-order valence-corrected chi connectivity index (χ0v) is 20.7. The van der Waals surface area contributed by atoms with Crippen LogP contribution >= 0.6 is 15.9 Å². The van der Waals surface area contributed by atoms with Gasteiger partial charge in [-0.25, -0.2) is 9.97 Å². The van der Waals surface area contributed by atoms with Crippen LogP contribution in [0.1, 0.15) is 11.4 Å². The van der Waals surface area contributed by atoms with E-state index in [0.29, 0.717) is 0 Å². The molecule has 0 fully saturated rings. The van der Waals surface area contributed by atoms with Crippen molar-refractivity contribution in [2.75, 3.05) is 14.2 Å². The molecule has 5 aromatic rings. The standard InChI is InChI=1S/C17H15NO.C11H10BrNO/c1-12-8-9-15-14(13-6-4-3-5-7-13)10-11-16(19-2)17(15)18-12;1-7-3-4-8-9(12)5-6-10(14-2)11(8)13-7/h3-11H,1-2H3;3-6H,1-2H3. The first-order chi connectivity index (χ1) is 16.0. The second kappa shape index (κ2) is 10.0. The third-order valence-electron chi connectivity index (χ3n) is 5.39. The largest absolute Gasteiger partial charge is 0.494 e. The molecule has 0 aliphatic rings. The van der Waals surface area contributed by atoms with Crippen LogP contribution in [0.5, 0.6) is 11.5 Å². The van der Waals surface area contributed by atoms with E-state index in [4.69, 9.17) is 9.47 Å². The monoisotopic (exact) mass is 500 g/mol. The van der Waals surface area contributed by atoms with Crippen molar-refractivity contribution >= 4 is 37.7 Å². The average Bonchev–Trinajstić information content (AvgIpc) is 2.84. The van der Waals surface area contributed by atoms with Crippen molar-refractivity contribution in [1.82, 2.24) is 9.97 Å². The number of fused-ring (bicyclic) bond motifs is 2. The Hall–Kier alpha value is -3.44. The van der Waals surface area contributed by atoms with Gasteiger partial charge in [-0.15, -0.1) is 0 Å². The highest BCUT2D eigenvalue weighted by molar-refractivity contribution is 9.10. The minimum Gasteiger partial charge on any atom is -0.494 e. The number of methoxy groups -OCH3 is 2. The van der Waals surface area contributed by atoms with Crippen molar-refractivity contribution in [2.45, 2.75) is 13.8 Å². The van der Waals surface area contributed by atoms with Gasteiger partial charge in [0.2, 0.25) is 0 Å². The Morgan fingerprint density at radius 2 is 1.15 bits per heavy atom. The van der Waals surface area contributed by atoms with Gasteiger partial charge in [-0.2, -0.15) is 0 Å². The zero-order chi connectivity index (χ0) is 23.4. The molecule has 0 atom stereocenters. The topological polar surface area (TPSA) is 44.2 Å². The van der Waals surface area contributed by atoms with E-state index in [9.17, 15) is 0 Å². The Balaban J connectivity index is 0.000000165. The Labute approximate surface area is 202 Å². The van der Waals surface area contributed by atoms with Crippen molar-refractivity contribution in [3.8, 4) is 22.6 Å². The van der Waals surface area contributed by atoms with E-state index in [1.54, 1.807) is 14.2 Å². The predicted molar refractivity (Wildman–Crippen MR) is 139 cm³/mol. The Morgan fingerprint density at radius 3 is 1.76 bits per heavy atom. The number of ether oxygens (including phenoxy) is 2. The molecule has 0 aliphatic heterocycles. The molecule has 3 aromatic carbocycles. The summed E-state index contributed by atoms with van der Waals surface area (Å²) in [6.45, 7) is 3.97. The smallest absolute Gasteiger partial charge is 0.145 e. The van der Waals surface area contributed by atoms with Crippen LogP contribution < -0.4 is 9.47 Å². The summed E-state index contributed by atoms with van der Waals surface area (Å²) < 4.78 is 11.7. The molecule has 0 saturated heterocycles. The van der Waals surface area contributed by atoms with Gasteiger partial charge >= 0.3 is 0 Å². The summed E-state index contributed by atoms with van der Waals surface area (Å²) in [5, 5.41) is 2.20.